The lowest BCUT2D eigenvalue weighted by atomic mass is 9.70. The van der Waals surface area contributed by atoms with Gasteiger partial charge in [0.2, 0.25) is 0 Å². The molecular formula is C26H36O5. The van der Waals surface area contributed by atoms with Crippen LogP contribution >= 0.6 is 0 Å². The van der Waals surface area contributed by atoms with Crippen LogP contribution < -0.4 is 9.47 Å². The lowest BCUT2D eigenvalue weighted by Gasteiger charge is -2.37. The number of esters is 2. The van der Waals surface area contributed by atoms with Gasteiger partial charge in [0, 0.05) is 6.08 Å². The molecule has 0 radical (unpaired) electrons. The molecule has 31 heavy (non-hydrogen) atoms. The van der Waals surface area contributed by atoms with E-state index in [1.807, 2.05) is 19.1 Å². The Morgan fingerprint density at radius 3 is 2.06 bits per heavy atom. The molecule has 0 unspecified atom stereocenters. The van der Waals surface area contributed by atoms with E-state index in [4.69, 9.17) is 14.2 Å². The van der Waals surface area contributed by atoms with E-state index < -0.39 is 0 Å². The molecule has 2 aliphatic carbocycles. The molecule has 0 atom stereocenters. The fraction of sp³-hybridized carbons (Fsp3) is 0.615. The molecule has 1 aromatic rings. The van der Waals surface area contributed by atoms with Crippen molar-refractivity contribution in [3.05, 3.63) is 36.4 Å². The van der Waals surface area contributed by atoms with E-state index in [1.165, 1.54) is 6.08 Å². The second-order valence-corrected chi connectivity index (χ2v) is 8.83. The monoisotopic (exact) mass is 428 g/mol. The SMILES string of the molecule is C/C=C/C(=O)O[C@H]1CC[C@H]([C@H]2CC[C@H](C(=O)Oc3ccc(OCCC)cc3)CC2)CC1. The van der Waals surface area contributed by atoms with Crippen molar-refractivity contribution in [1.82, 2.24) is 0 Å². The summed E-state index contributed by atoms with van der Waals surface area (Å²) in [6, 6.07) is 7.30. The molecule has 0 aromatic heterocycles. The highest BCUT2D eigenvalue weighted by Crippen LogP contribution is 2.41. The molecule has 5 nitrogen and oxygen atoms in total. The van der Waals surface area contributed by atoms with Gasteiger partial charge < -0.3 is 14.2 Å². The Balaban J connectivity index is 1.38. The maximum atomic E-state index is 12.6. The van der Waals surface area contributed by atoms with Gasteiger partial charge in [0.25, 0.3) is 0 Å². The summed E-state index contributed by atoms with van der Waals surface area (Å²) < 4.78 is 16.7. The maximum absolute atomic E-state index is 12.6. The van der Waals surface area contributed by atoms with Crippen molar-refractivity contribution in [2.75, 3.05) is 6.61 Å². The van der Waals surface area contributed by atoms with Crippen molar-refractivity contribution < 1.29 is 23.8 Å². The summed E-state index contributed by atoms with van der Waals surface area (Å²) in [6.07, 6.45) is 12.3. The van der Waals surface area contributed by atoms with Gasteiger partial charge in [-0.25, -0.2) is 4.79 Å². The summed E-state index contributed by atoms with van der Waals surface area (Å²) >= 11 is 0. The molecule has 5 heteroatoms. The molecule has 0 aliphatic heterocycles. The van der Waals surface area contributed by atoms with Crippen molar-refractivity contribution in [3.8, 4) is 11.5 Å². The minimum absolute atomic E-state index is 0.00890. The minimum Gasteiger partial charge on any atom is -0.494 e. The number of carbonyl (C=O) groups excluding carboxylic acids is 2. The van der Waals surface area contributed by atoms with Gasteiger partial charge in [0.05, 0.1) is 12.5 Å². The molecule has 0 saturated heterocycles. The van der Waals surface area contributed by atoms with Crippen LogP contribution in [0.5, 0.6) is 11.5 Å². The number of benzene rings is 1. The first-order valence-electron chi connectivity index (χ1n) is 11.9. The molecule has 170 valence electrons. The van der Waals surface area contributed by atoms with Gasteiger partial charge in [-0.05, 0) is 101 Å². The standard InChI is InChI=1S/C26H36O5/c1-3-5-25(27)30-23-12-10-20(11-13-23)19-6-8-21(9-7-19)26(28)31-24-16-14-22(15-17-24)29-18-4-2/h3,5,14-17,19-21,23H,4,6-13,18H2,1-2H3/b5-3+/t19-,20-,21-,23-. The van der Waals surface area contributed by atoms with E-state index in [2.05, 4.69) is 6.92 Å². The quantitative estimate of drug-likeness (QED) is 0.295. The zero-order valence-corrected chi connectivity index (χ0v) is 18.9. The first-order chi connectivity index (χ1) is 15.1. The zero-order chi connectivity index (χ0) is 22.1. The summed E-state index contributed by atoms with van der Waals surface area (Å²) in [6.45, 7) is 4.58. The molecule has 2 saturated carbocycles. The summed E-state index contributed by atoms with van der Waals surface area (Å²) in [7, 11) is 0. The van der Waals surface area contributed by atoms with Crippen LogP contribution in [0.2, 0.25) is 0 Å². The summed E-state index contributed by atoms with van der Waals surface area (Å²) in [5.41, 5.74) is 0. The number of hydrogen-bond acceptors (Lipinski definition) is 5. The van der Waals surface area contributed by atoms with Gasteiger partial charge in [-0.15, -0.1) is 0 Å². The third-order valence-corrected chi connectivity index (χ3v) is 6.59. The van der Waals surface area contributed by atoms with Crippen LogP contribution in [-0.2, 0) is 14.3 Å². The Morgan fingerprint density at radius 2 is 1.48 bits per heavy atom. The Labute approximate surface area is 186 Å². The molecule has 2 aliphatic rings. The van der Waals surface area contributed by atoms with Crippen LogP contribution in [-0.4, -0.2) is 24.6 Å². The Morgan fingerprint density at radius 1 is 0.903 bits per heavy atom. The highest BCUT2D eigenvalue weighted by Gasteiger charge is 2.34. The topological polar surface area (TPSA) is 61.8 Å². The predicted octanol–water partition coefficient (Wildman–Crippen LogP) is 5.87. The second-order valence-electron chi connectivity index (χ2n) is 8.83. The van der Waals surface area contributed by atoms with Crippen LogP contribution in [0.4, 0.5) is 0 Å². The van der Waals surface area contributed by atoms with E-state index in [0.717, 1.165) is 63.5 Å². The normalized spacial score (nSPS) is 26.4. The lowest BCUT2D eigenvalue weighted by molar-refractivity contribution is -0.145. The van der Waals surface area contributed by atoms with Gasteiger partial charge in [0.1, 0.15) is 17.6 Å². The Bertz CT molecular complexity index is 723. The van der Waals surface area contributed by atoms with Crippen LogP contribution in [0.25, 0.3) is 0 Å². The molecule has 0 spiro atoms. The molecule has 0 amide bonds. The Hall–Kier alpha value is -2.30. The van der Waals surface area contributed by atoms with Crippen molar-refractivity contribution in [2.24, 2.45) is 17.8 Å². The molecule has 0 N–H and O–H groups in total. The molecule has 0 heterocycles. The molecule has 2 fully saturated rings. The van der Waals surface area contributed by atoms with Crippen molar-refractivity contribution in [3.63, 3.8) is 0 Å². The first-order valence-corrected chi connectivity index (χ1v) is 11.9. The Kier molecular flexibility index (Phi) is 8.98. The van der Waals surface area contributed by atoms with Gasteiger partial charge >= 0.3 is 11.9 Å². The number of hydrogen-bond donors (Lipinski definition) is 0. The summed E-state index contributed by atoms with van der Waals surface area (Å²) in [4.78, 5) is 24.2. The maximum Gasteiger partial charge on any atom is 0.330 e. The van der Waals surface area contributed by atoms with E-state index in [1.54, 1.807) is 18.2 Å². The fourth-order valence-electron chi connectivity index (χ4n) is 4.87. The number of ether oxygens (including phenoxy) is 3. The average molecular weight is 429 g/mol. The van der Waals surface area contributed by atoms with Gasteiger partial charge in [-0.2, -0.15) is 0 Å². The van der Waals surface area contributed by atoms with Crippen LogP contribution in [0.15, 0.2) is 36.4 Å². The van der Waals surface area contributed by atoms with Crippen LogP contribution in [0.1, 0.15) is 71.6 Å². The molecular weight excluding hydrogens is 392 g/mol. The average Bonchev–Trinajstić information content (AvgIpc) is 2.79. The van der Waals surface area contributed by atoms with E-state index >= 15 is 0 Å². The second kappa shape index (κ2) is 11.9. The molecule has 3 rings (SSSR count). The van der Waals surface area contributed by atoms with Gasteiger partial charge in [0.15, 0.2) is 0 Å². The van der Waals surface area contributed by atoms with E-state index in [-0.39, 0.29) is 24.0 Å². The first kappa shape index (κ1) is 23.4. The van der Waals surface area contributed by atoms with Crippen molar-refractivity contribution >= 4 is 11.9 Å². The smallest absolute Gasteiger partial charge is 0.330 e. The number of rotatable bonds is 8. The predicted molar refractivity (Wildman–Crippen MR) is 120 cm³/mol. The highest BCUT2D eigenvalue weighted by molar-refractivity contribution is 5.81. The van der Waals surface area contributed by atoms with Gasteiger partial charge in [-0.3, -0.25) is 4.79 Å². The van der Waals surface area contributed by atoms with Gasteiger partial charge in [-0.1, -0.05) is 13.0 Å². The largest absolute Gasteiger partial charge is 0.494 e. The molecule has 1 aromatic carbocycles. The third-order valence-electron chi connectivity index (χ3n) is 6.59. The van der Waals surface area contributed by atoms with Crippen LogP contribution in [0.3, 0.4) is 0 Å². The highest BCUT2D eigenvalue weighted by atomic mass is 16.5. The fourth-order valence-corrected chi connectivity index (χ4v) is 4.87. The third kappa shape index (κ3) is 7.12. The number of allylic oxidation sites excluding steroid dienone is 1. The number of carbonyl (C=O) groups is 2. The lowest BCUT2D eigenvalue weighted by Crippen LogP contribution is -2.31. The minimum atomic E-state index is -0.229. The summed E-state index contributed by atoms with van der Waals surface area (Å²) in [5.74, 6) is 2.39. The summed E-state index contributed by atoms with van der Waals surface area (Å²) in [5, 5.41) is 0. The van der Waals surface area contributed by atoms with E-state index in [9.17, 15) is 9.59 Å². The molecule has 0 bridgehead atoms. The van der Waals surface area contributed by atoms with Crippen LogP contribution in [0, 0.1) is 17.8 Å². The van der Waals surface area contributed by atoms with E-state index in [0.29, 0.717) is 24.2 Å². The zero-order valence-electron chi connectivity index (χ0n) is 18.9. The van der Waals surface area contributed by atoms with Crippen molar-refractivity contribution in [2.45, 2.75) is 77.7 Å². The van der Waals surface area contributed by atoms with Crippen molar-refractivity contribution in [1.29, 1.82) is 0 Å².